The van der Waals surface area contributed by atoms with Crippen molar-refractivity contribution in [1.82, 2.24) is 10.2 Å². The first kappa shape index (κ1) is 23.2. The van der Waals surface area contributed by atoms with Crippen LogP contribution in [0.3, 0.4) is 0 Å². The van der Waals surface area contributed by atoms with E-state index in [4.69, 9.17) is 4.42 Å². The van der Waals surface area contributed by atoms with E-state index in [2.05, 4.69) is 15.5 Å². The molecular weight excluding hydrogens is 453 g/mol. The second kappa shape index (κ2) is 9.86. The van der Waals surface area contributed by atoms with Crippen LogP contribution < -0.4 is 10.2 Å². The molecule has 0 aliphatic carbocycles. The number of thioether (sulfide) groups is 1. The smallest absolute Gasteiger partial charge is 0.411 e. The Kier molecular flexibility index (Phi) is 6.92. The van der Waals surface area contributed by atoms with Crippen molar-refractivity contribution in [2.24, 2.45) is 0 Å². The standard InChI is InChI=1S/C23H23F3N4O2S/c1-15-7-3-4-8-17(15)21-28-29-22(32-21)33-14-20(31)27-18-13-16(23(24,25)26)9-10-19(18)30-11-5-2-6-12-30/h3-4,7-10,13H,2,5-6,11-12,14H2,1H3,(H,27,31). The first-order valence-corrected chi connectivity index (χ1v) is 11.6. The molecular formula is C23H23F3N4O2S. The van der Waals surface area contributed by atoms with Crippen molar-refractivity contribution in [2.45, 2.75) is 37.6 Å². The normalized spacial score (nSPS) is 14.4. The number of carbonyl (C=O) groups excluding carboxylic acids is 1. The van der Waals surface area contributed by atoms with Gasteiger partial charge in [0.2, 0.25) is 11.8 Å². The van der Waals surface area contributed by atoms with Crippen molar-refractivity contribution < 1.29 is 22.4 Å². The highest BCUT2D eigenvalue weighted by atomic mass is 32.2. The summed E-state index contributed by atoms with van der Waals surface area (Å²) in [5.41, 5.74) is 1.73. The SMILES string of the molecule is Cc1ccccc1-c1nnc(SCC(=O)Nc2cc(C(F)(F)F)ccc2N2CCCCC2)o1. The van der Waals surface area contributed by atoms with Crippen molar-refractivity contribution >= 4 is 29.0 Å². The van der Waals surface area contributed by atoms with Crippen LogP contribution >= 0.6 is 11.8 Å². The van der Waals surface area contributed by atoms with Gasteiger partial charge >= 0.3 is 6.18 Å². The first-order valence-electron chi connectivity index (χ1n) is 10.6. The summed E-state index contributed by atoms with van der Waals surface area (Å²) in [5, 5.41) is 10.8. The number of benzene rings is 2. The van der Waals surface area contributed by atoms with E-state index in [1.165, 1.54) is 6.07 Å². The van der Waals surface area contributed by atoms with E-state index in [1.54, 1.807) is 0 Å². The van der Waals surface area contributed by atoms with Gasteiger partial charge in [0, 0.05) is 18.7 Å². The van der Waals surface area contributed by atoms with Gasteiger partial charge in [-0.2, -0.15) is 13.2 Å². The molecule has 6 nitrogen and oxygen atoms in total. The van der Waals surface area contributed by atoms with Gasteiger partial charge in [-0.05, 0) is 56.0 Å². The van der Waals surface area contributed by atoms with Gasteiger partial charge in [-0.3, -0.25) is 4.79 Å². The van der Waals surface area contributed by atoms with Crippen molar-refractivity contribution in [3.8, 4) is 11.5 Å². The lowest BCUT2D eigenvalue weighted by Crippen LogP contribution is -2.30. The molecule has 4 rings (SSSR count). The lowest BCUT2D eigenvalue weighted by Gasteiger charge is -2.31. The highest BCUT2D eigenvalue weighted by molar-refractivity contribution is 7.99. The molecule has 1 aliphatic rings. The molecule has 0 unspecified atom stereocenters. The summed E-state index contributed by atoms with van der Waals surface area (Å²) >= 11 is 1.03. The Balaban J connectivity index is 1.46. The number of aryl methyl sites for hydroxylation is 1. The molecule has 2 heterocycles. The van der Waals surface area contributed by atoms with E-state index < -0.39 is 17.6 Å². The van der Waals surface area contributed by atoms with E-state index in [0.717, 1.165) is 67.4 Å². The van der Waals surface area contributed by atoms with Crippen LogP contribution in [0.2, 0.25) is 0 Å². The van der Waals surface area contributed by atoms with E-state index in [9.17, 15) is 18.0 Å². The number of amides is 1. The number of piperidine rings is 1. The zero-order valence-corrected chi connectivity index (χ0v) is 18.8. The van der Waals surface area contributed by atoms with Crippen LogP contribution in [0.15, 0.2) is 52.1 Å². The molecule has 1 aliphatic heterocycles. The van der Waals surface area contributed by atoms with Gasteiger partial charge in [0.05, 0.1) is 22.7 Å². The van der Waals surface area contributed by atoms with Crippen LogP contribution in [0.4, 0.5) is 24.5 Å². The van der Waals surface area contributed by atoms with Gasteiger partial charge in [0.1, 0.15) is 0 Å². The lowest BCUT2D eigenvalue weighted by atomic mass is 10.1. The van der Waals surface area contributed by atoms with Crippen LogP contribution in [-0.4, -0.2) is 34.9 Å². The number of aromatic nitrogens is 2. The molecule has 1 aromatic heterocycles. The van der Waals surface area contributed by atoms with E-state index in [-0.39, 0.29) is 16.7 Å². The summed E-state index contributed by atoms with van der Waals surface area (Å²) in [6.07, 6.45) is -1.48. The highest BCUT2D eigenvalue weighted by Gasteiger charge is 2.32. The molecule has 33 heavy (non-hydrogen) atoms. The minimum absolute atomic E-state index is 0.0783. The maximum atomic E-state index is 13.3. The van der Waals surface area contributed by atoms with Crippen LogP contribution in [0.1, 0.15) is 30.4 Å². The number of nitrogens with one attached hydrogen (secondary N) is 1. The second-order valence-corrected chi connectivity index (χ2v) is 8.73. The number of alkyl halides is 3. The van der Waals surface area contributed by atoms with Gasteiger partial charge in [0.25, 0.3) is 5.22 Å². The summed E-state index contributed by atoms with van der Waals surface area (Å²) in [6.45, 7) is 3.41. The Labute approximate surface area is 193 Å². The Morgan fingerprint density at radius 2 is 1.88 bits per heavy atom. The maximum absolute atomic E-state index is 13.3. The molecule has 0 saturated carbocycles. The van der Waals surface area contributed by atoms with Crippen molar-refractivity contribution in [2.75, 3.05) is 29.1 Å². The van der Waals surface area contributed by atoms with Gasteiger partial charge in [-0.25, -0.2) is 0 Å². The average Bonchev–Trinajstić information content (AvgIpc) is 3.27. The monoisotopic (exact) mass is 476 g/mol. The fourth-order valence-electron chi connectivity index (χ4n) is 3.73. The van der Waals surface area contributed by atoms with E-state index in [0.29, 0.717) is 11.6 Å². The average molecular weight is 477 g/mol. The predicted octanol–water partition coefficient (Wildman–Crippen LogP) is 5.78. The topological polar surface area (TPSA) is 71.3 Å². The highest BCUT2D eigenvalue weighted by Crippen LogP contribution is 2.36. The molecule has 1 amide bonds. The molecule has 0 atom stereocenters. The van der Waals surface area contributed by atoms with E-state index in [1.807, 2.05) is 36.1 Å². The molecule has 174 valence electrons. The maximum Gasteiger partial charge on any atom is 0.416 e. The fourth-order valence-corrected chi connectivity index (χ4v) is 4.29. The predicted molar refractivity (Wildman–Crippen MR) is 121 cm³/mol. The molecule has 1 N–H and O–H groups in total. The van der Waals surface area contributed by atoms with Crippen LogP contribution in [0.5, 0.6) is 0 Å². The number of hydrogen-bond donors (Lipinski definition) is 1. The second-order valence-electron chi connectivity index (χ2n) is 7.80. The number of hydrogen-bond acceptors (Lipinski definition) is 6. The minimum Gasteiger partial charge on any atom is -0.411 e. The Morgan fingerprint density at radius 1 is 1.12 bits per heavy atom. The third-order valence-corrected chi connectivity index (χ3v) is 6.22. The fraction of sp³-hybridized carbons (Fsp3) is 0.348. The zero-order valence-electron chi connectivity index (χ0n) is 18.0. The third-order valence-electron chi connectivity index (χ3n) is 5.40. The Bertz CT molecular complexity index is 1130. The lowest BCUT2D eigenvalue weighted by molar-refractivity contribution is -0.137. The number of nitrogens with zero attached hydrogens (tertiary/aromatic N) is 3. The summed E-state index contributed by atoms with van der Waals surface area (Å²) in [6, 6.07) is 11.0. The number of halogens is 3. The zero-order chi connectivity index (χ0) is 23.4. The van der Waals surface area contributed by atoms with Crippen LogP contribution in [0, 0.1) is 6.92 Å². The van der Waals surface area contributed by atoms with Crippen LogP contribution in [-0.2, 0) is 11.0 Å². The number of anilines is 2. The van der Waals surface area contributed by atoms with Crippen molar-refractivity contribution in [1.29, 1.82) is 0 Å². The van der Waals surface area contributed by atoms with Gasteiger partial charge in [-0.15, -0.1) is 10.2 Å². The largest absolute Gasteiger partial charge is 0.416 e. The quantitative estimate of drug-likeness (QED) is 0.455. The van der Waals surface area contributed by atoms with Crippen LogP contribution in [0.25, 0.3) is 11.5 Å². The Morgan fingerprint density at radius 3 is 2.61 bits per heavy atom. The Hall–Kier alpha value is -3.01. The van der Waals surface area contributed by atoms with Crippen molar-refractivity contribution in [3.05, 3.63) is 53.6 Å². The summed E-state index contributed by atoms with van der Waals surface area (Å²) in [7, 11) is 0. The first-order chi connectivity index (χ1) is 15.8. The molecule has 1 saturated heterocycles. The molecule has 0 radical (unpaired) electrons. The molecule has 3 aromatic rings. The van der Waals surface area contributed by atoms with Crippen molar-refractivity contribution in [3.63, 3.8) is 0 Å². The number of carbonyl (C=O) groups is 1. The molecule has 0 bridgehead atoms. The summed E-state index contributed by atoms with van der Waals surface area (Å²) < 4.78 is 45.4. The van der Waals surface area contributed by atoms with Gasteiger partial charge < -0.3 is 14.6 Å². The minimum atomic E-state index is -4.50. The number of rotatable bonds is 6. The third kappa shape index (κ3) is 5.68. The summed E-state index contributed by atoms with van der Waals surface area (Å²) in [4.78, 5) is 14.6. The van der Waals surface area contributed by atoms with E-state index >= 15 is 0 Å². The molecule has 10 heteroatoms. The molecule has 0 spiro atoms. The van der Waals surface area contributed by atoms with Gasteiger partial charge in [0.15, 0.2) is 0 Å². The molecule has 1 fully saturated rings. The summed E-state index contributed by atoms with van der Waals surface area (Å²) in [5.74, 6) is -0.181. The molecule has 2 aromatic carbocycles. The van der Waals surface area contributed by atoms with Gasteiger partial charge in [-0.1, -0.05) is 30.0 Å².